The average molecular weight is 323 g/mol. The number of aromatic nitrogens is 2. The molecular formula is C19H21N3O2. The summed E-state index contributed by atoms with van der Waals surface area (Å²) in [5, 5.41) is 2.93. The van der Waals surface area contributed by atoms with Crippen molar-refractivity contribution in [1.29, 1.82) is 0 Å². The smallest absolute Gasteiger partial charge is 0.220 e. The van der Waals surface area contributed by atoms with Crippen LogP contribution in [0.1, 0.15) is 18.5 Å². The second-order valence-electron chi connectivity index (χ2n) is 5.56. The van der Waals surface area contributed by atoms with E-state index in [1.807, 2.05) is 65.3 Å². The summed E-state index contributed by atoms with van der Waals surface area (Å²) in [6.45, 7) is 1.14. The Balaban J connectivity index is 1.32. The molecule has 3 rings (SSSR count). The second kappa shape index (κ2) is 8.15. The Morgan fingerprint density at radius 3 is 2.79 bits per heavy atom. The van der Waals surface area contributed by atoms with Gasteiger partial charge in [-0.15, -0.1) is 0 Å². The van der Waals surface area contributed by atoms with Crippen LogP contribution in [0.2, 0.25) is 0 Å². The van der Waals surface area contributed by atoms with Crippen LogP contribution in [0.5, 0.6) is 5.75 Å². The standard InChI is InChI=1S/C19H21N3O2/c23-19(10-6-14-24-17-7-2-1-3-8-17)20-12-11-16-15-22-13-5-4-9-18(22)21-16/h1-5,7-9,13,15H,6,10-12,14H2,(H,20,23). The van der Waals surface area contributed by atoms with Crippen LogP contribution in [0.3, 0.4) is 0 Å². The molecule has 0 saturated carbocycles. The van der Waals surface area contributed by atoms with E-state index in [0.717, 1.165) is 23.5 Å². The first-order chi connectivity index (χ1) is 11.8. The van der Waals surface area contributed by atoms with Crippen molar-refractivity contribution in [2.45, 2.75) is 19.3 Å². The van der Waals surface area contributed by atoms with E-state index in [4.69, 9.17) is 4.74 Å². The summed E-state index contributed by atoms with van der Waals surface area (Å²) in [6.07, 6.45) is 5.87. The average Bonchev–Trinajstić information content (AvgIpc) is 3.02. The zero-order chi connectivity index (χ0) is 16.6. The van der Waals surface area contributed by atoms with E-state index < -0.39 is 0 Å². The lowest BCUT2D eigenvalue weighted by atomic mass is 10.3. The number of carbonyl (C=O) groups excluding carboxylic acids is 1. The van der Waals surface area contributed by atoms with Gasteiger partial charge >= 0.3 is 0 Å². The van der Waals surface area contributed by atoms with E-state index in [1.54, 1.807) is 0 Å². The van der Waals surface area contributed by atoms with E-state index >= 15 is 0 Å². The molecule has 0 spiro atoms. The molecule has 3 aromatic rings. The molecule has 5 nitrogen and oxygen atoms in total. The van der Waals surface area contributed by atoms with Crippen molar-refractivity contribution in [2.24, 2.45) is 0 Å². The summed E-state index contributed by atoms with van der Waals surface area (Å²) >= 11 is 0. The van der Waals surface area contributed by atoms with Gasteiger partial charge in [0.25, 0.3) is 0 Å². The van der Waals surface area contributed by atoms with Crippen molar-refractivity contribution in [3.8, 4) is 5.75 Å². The highest BCUT2D eigenvalue weighted by Crippen LogP contribution is 2.09. The molecule has 24 heavy (non-hydrogen) atoms. The van der Waals surface area contributed by atoms with Gasteiger partial charge in [0.05, 0.1) is 12.3 Å². The molecule has 2 heterocycles. The highest BCUT2D eigenvalue weighted by atomic mass is 16.5. The molecule has 0 bridgehead atoms. The number of hydrogen-bond donors (Lipinski definition) is 1. The highest BCUT2D eigenvalue weighted by molar-refractivity contribution is 5.75. The van der Waals surface area contributed by atoms with Crippen LogP contribution >= 0.6 is 0 Å². The minimum absolute atomic E-state index is 0.0513. The normalized spacial score (nSPS) is 10.7. The summed E-state index contributed by atoms with van der Waals surface area (Å²) < 4.78 is 7.56. The zero-order valence-corrected chi connectivity index (χ0v) is 13.5. The first-order valence-electron chi connectivity index (χ1n) is 8.18. The highest BCUT2D eigenvalue weighted by Gasteiger charge is 2.04. The van der Waals surface area contributed by atoms with Gasteiger partial charge in [0.15, 0.2) is 0 Å². The van der Waals surface area contributed by atoms with Gasteiger partial charge in [0.1, 0.15) is 11.4 Å². The maximum atomic E-state index is 11.8. The molecule has 124 valence electrons. The largest absolute Gasteiger partial charge is 0.494 e. The number of nitrogens with one attached hydrogen (secondary N) is 1. The number of benzene rings is 1. The Hall–Kier alpha value is -2.82. The lowest BCUT2D eigenvalue weighted by Gasteiger charge is -2.06. The van der Waals surface area contributed by atoms with Crippen LogP contribution < -0.4 is 10.1 Å². The molecule has 1 aromatic carbocycles. The molecule has 0 aliphatic heterocycles. The third-order valence-electron chi connectivity index (χ3n) is 3.68. The van der Waals surface area contributed by atoms with Crippen LogP contribution in [0, 0.1) is 0 Å². The summed E-state index contributed by atoms with van der Waals surface area (Å²) in [5.41, 5.74) is 1.91. The minimum atomic E-state index is 0.0513. The number of fused-ring (bicyclic) bond motifs is 1. The Bertz CT molecular complexity index is 750. The molecule has 5 heteroatoms. The number of carbonyl (C=O) groups is 1. The van der Waals surface area contributed by atoms with Gasteiger partial charge in [-0.25, -0.2) is 4.98 Å². The number of para-hydroxylation sites is 1. The zero-order valence-electron chi connectivity index (χ0n) is 13.5. The Kier molecular flexibility index (Phi) is 5.45. The fraction of sp³-hybridized carbons (Fsp3) is 0.263. The molecule has 0 radical (unpaired) electrons. The molecule has 1 N–H and O–H groups in total. The third-order valence-corrected chi connectivity index (χ3v) is 3.68. The Labute approximate surface area is 141 Å². The summed E-state index contributed by atoms with van der Waals surface area (Å²) in [6, 6.07) is 15.5. The number of rotatable bonds is 8. The maximum absolute atomic E-state index is 11.8. The predicted octanol–water partition coefficient (Wildman–Crippen LogP) is 2.85. The van der Waals surface area contributed by atoms with Crippen molar-refractivity contribution < 1.29 is 9.53 Å². The van der Waals surface area contributed by atoms with Gasteiger partial charge in [-0.05, 0) is 30.7 Å². The monoisotopic (exact) mass is 323 g/mol. The quantitative estimate of drug-likeness (QED) is 0.649. The van der Waals surface area contributed by atoms with E-state index in [2.05, 4.69) is 10.3 Å². The summed E-state index contributed by atoms with van der Waals surface area (Å²) in [4.78, 5) is 16.3. The van der Waals surface area contributed by atoms with Crippen LogP contribution in [0.25, 0.3) is 5.65 Å². The Morgan fingerprint density at radius 1 is 1.12 bits per heavy atom. The lowest BCUT2D eigenvalue weighted by molar-refractivity contribution is -0.121. The van der Waals surface area contributed by atoms with E-state index in [0.29, 0.717) is 26.0 Å². The molecule has 1 amide bonds. The van der Waals surface area contributed by atoms with E-state index in [-0.39, 0.29) is 5.91 Å². The third kappa shape index (κ3) is 4.59. The van der Waals surface area contributed by atoms with Crippen molar-refractivity contribution >= 4 is 11.6 Å². The number of pyridine rings is 1. The van der Waals surface area contributed by atoms with E-state index in [1.165, 1.54) is 0 Å². The van der Waals surface area contributed by atoms with Crippen LogP contribution in [0.4, 0.5) is 0 Å². The Morgan fingerprint density at radius 2 is 1.96 bits per heavy atom. The molecule has 0 unspecified atom stereocenters. The second-order valence-corrected chi connectivity index (χ2v) is 5.56. The van der Waals surface area contributed by atoms with Crippen molar-refractivity contribution in [3.63, 3.8) is 0 Å². The molecular weight excluding hydrogens is 302 g/mol. The summed E-state index contributed by atoms with van der Waals surface area (Å²) in [7, 11) is 0. The summed E-state index contributed by atoms with van der Waals surface area (Å²) in [5.74, 6) is 0.889. The van der Waals surface area contributed by atoms with Gasteiger partial charge in [-0.2, -0.15) is 0 Å². The fourth-order valence-corrected chi connectivity index (χ4v) is 2.47. The minimum Gasteiger partial charge on any atom is -0.494 e. The van der Waals surface area contributed by atoms with Crippen LogP contribution in [-0.4, -0.2) is 28.4 Å². The molecule has 0 aliphatic rings. The lowest BCUT2D eigenvalue weighted by Crippen LogP contribution is -2.25. The van der Waals surface area contributed by atoms with Crippen LogP contribution in [-0.2, 0) is 11.2 Å². The SMILES string of the molecule is O=C(CCCOc1ccccc1)NCCc1cn2ccccc2n1. The molecule has 0 atom stereocenters. The first kappa shape index (κ1) is 16.1. The molecule has 2 aromatic heterocycles. The van der Waals surface area contributed by atoms with Gasteiger partial charge in [0.2, 0.25) is 5.91 Å². The topological polar surface area (TPSA) is 55.6 Å². The number of hydrogen-bond acceptors (Lipinski definition) is 3. The molecule has 0 fully saturated rings. The predicted molar refractivity (Wildman–Crippen MR) is 93.1 cm³/mol. The van der Waals surface area contributed by atoms with E-state index in [9.17, 15) is 4.79 Å². The maximum Gasteiger partial charge on any atom is 0.220 e. The van der Waals surface area contributed by atoms with Gasteiger partial charge in [-0.1, -0.05) is 24.3 Å². The van der Waals surface area contributed by atoms with Crippen molar-refractivity contribution in [2.75, 3.05) is 13.2 Å². The van der Waals surface area contributed by atoms with Crippen molar-refractivity contribution in [1.82, 2.24) is 14.7 Å². The first-order valence-corrected chi connectivity index (χ1v) is 8.18. The molecule has 0 saturated heterocycles. The van der Waals surface area contributed by atoms with Gasteiger partial charge < -0.3 is 14.5 Å². The van der Waals surface area contributed by atoms with Crippen LogP contribution in [0.15, 0.2) is 60.9 Å². The number of ether oxygens (including phenoxy) is 1. The van der Waals surface area contributed by atoms with Crippen molar-refractivity contribution in [3.05, 3.63) is 66.6 Å². The number of amides is 1. The number of imidazole rings is 1. The molecule has 0 aliphatic carbocycles. The van der Waals surface area contributed by atoms with Gasteiger partial charge in [-0.3, -0.25) is 4.79 Å². The fourth-order valence-electron chi connectivity index (χ4n) is 2.47. The number of nitrogens with zero attached hydrogens (tertiary/aromatic N) is 2. The van der Waals surface area contributed by atoms with Gasteiger partial charge in [0, 0.05) is 31.8 Å².